The van der Waals surface area contributed by atoms with Crippen LogP contribution in [0.15, 0.2) is 161 Å². The van der Waals surface area contributed by atoms with Crippen LogP contribution in [0.25, 0.3) is 74.4 Å². The van der Waals surface area contributed by atoms with Crippen molar-refractivity contribution in [2.75, 3.05) is 0 Å². The van der Waals surface area contributed by atoms with Gasteiger partial charge in [0.2, 0.25) is 0 Å². The Morgan fingerprint density at radius 2 is 1.26 bits per heavy atom. The molecule has 5 heteroatoms. The average molecular weight is 660 g/mol. The second-order valence-corrected chi connectivity index (χ2v) is 14.2. The highest BCUT2D eigenvalue weighted by Gasteiger charge is 2.29. The fourth-order valence-corrected chi connectivity index (χ4v) is 9.19. The van der Waals surface area contributed by atoms with Gasteiger partial charge in [0.25, 0.3) is 0 Å². The Kier molecular flexibility index (Phi) is 5.99. The number of para-hydroxylation sites is 1. The maximum atomic E-state index is 6.60. The van der Waals surface area contributed by atoms with Gasteiger partial charge in [-0.05, 0) is 62.1 Å². The normalized spacial score (nSPS) is 16.6. The average Bonchev–Trinajstić information content (AvgIpc) is 3.76. The van der Waals surface area contributed by atoms with E-state index in [9.17, 15) is 0 Å². The summed E-state index contributed by atoms with van der Waals surface area (Å²) in [5, 5.41) is 19.9. The quantitative estimate of drug-likeness (QED) is 0.186. The fraction of sp³-hybridized carbons (Fsp3) is 0.0444. The van der Waals surface area contributed by atoms with Gasteiger partial charge in [0, 0.05) is 42.1 Å². The van der Waals surface area contributed by atoms with Crippen molar-refractivity contribution >= 4 is 91.6 Å². The smallest absolute Gasteiger partial charge is 0.144 e. The van der Waals surface area contributed by atoms with Gasteiger partial charge in [0.1, 0.15) is 29.3 Å². The molecule has 50 heavy (non-hydrogen) atoms. The maximum Gasteiger partial charge on any atom is 0.144 e. The van der Waals surface area contributed by atoms with Crippen LogP contribution in [0.1, 0.15) is 29.0 Å². The lowest BCUT2D eigenvalue weighted by molar-refractivity contribution is 0.411. The molecule has 0 fully saturated rings. The molecule has 4 nitrogen and oxygen atoms in total. The van der Waals surface area contributed by atoms with Crippen LogP contribution < -0.4 is 10.6 Å². The van der Waals surface area contributed by atoms with E-state index in [1.807, 2.05) is 17.4 Å². The lowest BCUT2D eigenvalue weighted by Gasteiger charge is -2.32. The fourth-order valence-electron chi connectivity index (χ4n) is 7.94. The third kappa shape index (κ3) is 4.18. The minimum Gasteiger partial charge on any atom is -0.455 e. The molecule has 0 aliphatic carbocycles. The Labute approximate surface area is 291 Å². The summed E-state index contributed by atoms with van der Waals surface area (Å²) in [4.78, 5) is 5.34. The number of nitrogens with one attached hydrogen (secondary N) is 2. The molecule has 3 heterocycles. The zero-order chi connectivity index (χ0) is 32.8. The molecule has 236 valence electrons. The number of nitrogens with zero attached hydrogens (tertiary/aromatic N) is 1. The van der Waals surface area contributed by atoms with E-state index in [1.165, 1.54) is 58.1 Å². The van der Waals surface area contributed by atoms with Crippen LogP contribution >= 0.6 is 11.3 Å². The lowest BCUT2D eigenvalue weighted by atomic mass is 9.95. The van der Waals surface area contributed by atoms with Crippen molar-refractivity contribution in [1.82, 2.24) is 10.6 Å². The van der Waals surface area contributed by atoms with Gasteiger partial charge in [0.05, 0.1) is 0 Å². The highest BCUT2D eigenvalue weighted by Crippen LogP contribution is 2.45. The summed E-state index contributed by atoms with van der Waals surface area (Å²) in [5.74, 6) is 0.870. The molecular weight excluding hydrogens is 631 g/mol. The van der Waals surface area contributed by atoms with Crippen molar-refractivity contribution in [2.45, 2.75) is 12.3 Å². The summed E-state index contributed by atoms with van der Waals surface area (Å²) >= 11 is 1.83. The molecule has 0 bridgehead atoms. The van der Waals surface area contributed by atoms with Gasteiger partial charge in [-0.25, -0.2) is 4.99 Å². The SMILES string of the molecule is c1ccc(C2=NC(c3ccc4ccc5c6ccccc6ccc5c4c3)NC(c3cc4c5ccccc5oc4c4c3sc3ccccc34)N2)cc1. The molecule has 1 aliphatic rings. The van der Waals surface area contributed by atoms with Gasteiger partial charge in [-0.1, -0.05) is 127 Å². The largest absolute Gasteiger partial charge is 0.455 e. The Bertz CT molecular complexity index is 3010. The number of rotatable bonds is 3. The molecule has 0 saturated heterocycles. The van der Waals surface area contributed by atoms with Crippen LogP contribution in [-0.2, 0) is 0 Å². The minimum atomic E-state index is -0.280. The lowest BCUT2D eigenvalue weighted by Crippen LogP contribution is -2.45. The molecule has 2 aromatic heterocycles. The second-order valence-electron chi connectivity index (χ2n) is 13.2. The number of furan rings is 1. The van der Waals surface area contributed by atoms with Gasteiger partial charge in [-0.15, -0.1) is 11.3 Å². The molecule has 8 aromatic carbocycles. The molecule has 1 aliphatic heterocycles. The number of hydrogen-bond donors (Lipinski definition) is 2. The van der Waals surface area contributed by atoms with E-state index in [1.54, 1.807) is 0 Å². The van der Waals surface area contributed by atoms with E-state index >= 15 is 0 Å². The second kappa shape index (κ2) is 10.7. The number of benzene rings is 8. The summed E-state index contributed by atoms with van der Waals surface area (Å²) < 4.78 is 9.06. The number of fused-ring (bicyclic) bond motifs is 12. The molecule has 10 aromatic rings. The number of aliphatic imine (C=N–C) groups is 1. The third-order valence-electron chi connectivity index (χ3n) is 10.3. The summed E-state index contributed by atoms with van der Waals surface area (Å²) in [6.07, 6.45) is -0.494. The van der Waals surface area contributed by atoms with Crippen LogP contribution in [0.4, 0.5) is 0 Å². The van der Waals surface area contributed by atoms with Crippen molar-refractivity contribution < 1.29 is 4.42 Å². The van der Waals surface area contributed by atoms with E-state index in [0.717, 1.165) is 38.9 Å². The van der Waals surface area contributed by atoms with E-state index in [4.69, 9.17) is 9.41 Å². The molecule has 2 atom stereocenters. The monoisotopic (exact) mass is 659 g/mol. The molecule has 0 saturated carbocycles. The molecule has 0 amide bonds. The molecule has 11 rings (SSSR count). The van der Waals surface area contributed by atoms with Crippen LogP contribution in [-0.4, -0.2) is 5.84 Å². The van der Waals surface area contributed by atoms with Crippen molar-refractivity contribution in [3.05, 3.63) is 168 Å². The first kappa shape index (κ1) is 27.9. The Balaban J connectivity index is 1.13. The van der Waals surface area contributed by atoms with Crippen molar-refractivity contribution in [3.63, 3.8) is 0 Å². The topological polar surface area (TPSA) is 49.6 Å². The number of thiophene rings is 1. The van der Waals surface area contributed by atoms with E-state index < -0.39 is 0 Å². The summed E-state index contributed by atoms with van der Waals surface area (Å²) in [6.45, 7) is 0. The Morgan fingerprint density at radius 3 is 2.14 bits per heavy atom. The third-order valence-corrected chi connectivity index (χ3v) is 11.5. The number of amidine groups is 1. The van der Waals surface area contributed by atoms with Crippen molar-refractivity contribution in [2.24, 2.45) is 4.99 Å². The molecule has 2 unspecified atom stereocenters. The molecule has 0 spiro atoms. The maximum absolute atomic E-state index is 6.60. The first-order valence-corrected chi connectivity index (χ1v) is 17.8. The zero-order valence-electron chi connectivity index (χ0n) is 26.9. The van der Waals surface area contributed by atoms with Gasteiger partial charge in [-0.3, -0.25) is 5.32 Å². The first-order chi connectivity index (χ1) is 24.8. The van der Waals surface area contributed by atoms with Gasteiger partial charge in [0.15, 0.2) is 0 Å². The van der Waals surface area contributed by atoms with Gasteiger partial charge < -0.3 is 9.73 Å². The van der Waals surface area contributed by atoms with Crippen LogP contribution in [0.3, 0.4) is 0 Å². The van der Waals surface area contributed by atoms with Crippen molar-refractivity contribution in [3.8, 4) is 0 Å². The van der Waals surface area contributed by atoms with E-state index in [-0.39, 0.29) is 12.3 Å². The van der Waals surface area contributed by atoms with Crippen LogP contribution in [0.5, 0.6) is 0 Å². The summed E-state index contributed by atoms with van der Waals surface area (Å²) in [5.41, 5.74) is 5.22. The summed E-state index contributed by atoms with van der Waals surface area (Å²) in [6, 6.07) is 54.3. The molecule has 2 N–H and O–H groups in total. The van der Waals surface area contributed by atoms with Crippen molar-refractivity contribution in [1.29, 1.82) is 0 Å². The molecule has 0 radical (unpaired) electrons. The predicted molar refractivity (Wildman–Crippen MR) is 210 cm³/mol. The van der Waals surface area contributed by atoms with Crippen LogP contribution in [0.2, 0.25) is 0 Å². The summed E-state index contributed by atoms with van der Waals surface area (Å²) in [7, 11) is 0. The minimum absolute atomic E-state index is 0.214. The predicted octanol–water partition coefficient (Wildman–Crippen LogP) is 11.8. The Hall–Kier alpha value is -6.01. The zero-order valence-corrected chi connectivity index (χ0v) is 27.7. The first-order valence-electron chi connectivity index (χ1n) is 17.0. The highest BCUT2D eigenvalue weighted by atomic mass is 32.1. The van der Waals surface area contributed by atoms with Gasteiger partial charge in [-0.2, -0.15) is 0 Å². The number of hydrogen-bond acceptors (Lipinski definition) is 5. The van der Waals surface area contributed by atoms with E-state index in [0.29, 0.717) is 0 Å². The standard InChI is InChI=1S/C45H29N3OS/c1-2-11-28(12-3-1)43-46-44(29-19-18-27-21-22-31-30-13-5-4-10-26(30)20-23-32(31)35(27)24-29)48-45(47-43)37-25-36-33-14-6-8-16-38(33)49-41(36)40-34-15-7-9-17-39(34)50-42(37)40/h1-25,44-45,48H,(H,46,47). The van der Waals surface area contributed by atoms with E-state index in [2.05, 4.69) is 156 Å². The highest BCUT2D eigenvalue weighted by molar-refractivity contribution is 7.26. The Morgan fingerprint density at radius 1 is 0.560 bits per heavy atom. The molecular formula is C45H29N3OS. The van der Waals surface area contributed by atoms with Crippen LogP contribution in [0, 0.1) is 0 Å². The van der Waals surface area contributed by atoms with Gasteiger partial charge >= 0.3 is 0 Å².